The number of aliphatic imine (C=N–C) groups is 1. The van der Waals surface area contributed by atoms with Crippen LogP contribution < -0.4 is 0 Å². The summed E-state index contributed by atoms with van der Waals surface area (Å²) in [5, 5.41) is 0. The summed E-state index contributed by atoms with van der Waals surface area (Å²) in [6.07, 6.45) is 25.7. The van der Waals surface area contributed by atoms with E-state index in [0.29, 0.717) is 0 Å². The number of rotatable bonds is 17. The summed E-state index contributed by atoms with van der Waals surface area (Å²) in [7, 11) is 0. The van der Waals surface area contributed by atoms with Crippen LogP contribution in [-0.2, 0) is 0 Å². The number of hydrogen-bond donors (Lipinski definition) is 0. The molecule has 2 heterocycles. The highest BCUT2D eigenvalue weighted by atomic mass is 15.4. The highest BCUT2D eigenvalue weighted by Gasteiger charge is 2.24. The molecule has 0 N–H and O–H groups in total. The Morgan fingerprint density at radius 2 is 1.11 bits per heavy atom. The number of nitrogens with zero attached hydrogens (tertiary/aromatic N) is 3. The lowest BCUT2D eigenvalue weighted by Gasteiger charge is -2.41. The van der Waals surface area contributed by atoms with E-state index in [0.717, 1.165) is 6.54 Å². The van der Waals surface area contributed by atoms with Crippen LogP contribution in [0.5, 0.6) is 0 Å². The molecule has 0 aromatic rings. The van der Waals surface area contributed by atoms with Crippen molar-refractivity contribution < 1.29 is 0 Å². The van der Waals surface area contributed by atoms with Gasteiger partial charge in [-0.3, -0.25) is 4.99 Å². The fourth-order valence-corrected chi connectivity index (χ4v) is 4.77. The molecule has 0 aromatic heterocycles. The van der Waals surface area contributed by atoms with Gasteiger partial charge in [0.25, 0.3) is 0 Å². The zero-order valence-corrected chi connectivity index (χ0v) is 19.1. The number of guanidine groups is 1. The summed E-state index contributed by atoms with van der Waals surface area (Å²) in [6, 6.07) is 0. The van der Waals surface area contributed by atoms with E-state index in [4.69, 9.17) is 4.99 Å². The first-order chi connectivity index (χ1) is 13.9. The molecule has 2 aliphatic rings. The average molecular weight is 392 g/mol. The molecule has 164 valence electrons. The van der Waals surface area contributed by atoms with Gasteiger partial charge < -0.3 is 9.80 Å². The van der Waals surface area contributed by atoms with Gasteiger partial charge in [0, 0.05) is 32.7 Å². The molecule has 1 fully saturated rings. The van der Waals surface area contributed by atoms with Crippen molar-refractivity contribution in [3.8, 4) is 0 Å². The second-order valence-electron chi connectivity index (χ2n) is 9.17. The molecule has 2 rings (SSSR count). The van der Waals surface area contributed by atoms with Gasteiger partial charge in [0.15, 0.2) is 5.96 Å². The van der Waals surface area contributed by atoms with Crippen LogP contribution in [-0.4, -0.2) is 48.5 Å². The quantitative estimate of drug-likeness (QED) is 0.248. The lowest BCUT2D eigenvalue weighted by molar-refractivity contribution is 0.241. The fraction of sp³-hybridized carbons (Fsp3) is 0.960. The molecule has 0 aromatic carbocycles. The monoisotopic (exact) mass is 391 g/mol. The Labute approximate surface area is 176 Å². The van der Waals surface area contributed by atoms with E-state index in [1.54, 1.807) is 0 Å². The van der Waals surface area contributed by atoms with Gasteiger partial charge in [0.2, 0.25) is 0 Å². The normalized spacial score (nSPS) is 17.0. The molecule has 0 spiro atoms. The van der Waals surface area contributed by atoms with Crippen LogP contribution in [0.3, 0.4) is 0 Å². The van der Waals surface area contributed by atoms with E-state index in [9.17, 15) is 0 Å². The third-order valence-corrected chi connectivity index (χ3v) is 6.54. The van der Waals surface area contributed by atoms with E-state index < -0.39 is 0 Å². The van der Waals surface area contributed by atoms with E-state index in [1.807, 2.05) is 0 Å². The minimum absolute atomic E-state index is 1.04. The van der Waals surface area contributed by atoms with Gasteiger partial charge in [-0.1, -0.05) is 103 Å². The molecule has 0 bridgehead atoms. The smallest absolute Gasteiger partial charge is 0.196 e. The molecule has 28 heavy (non-hydrogen) atoms. The summed E-state index contributed by atoms with van der Waals surface area (Å²) >= 11 is 0. The van der Waals surface area contributed by atoms with Crippen LogP contribution in [0.15, 0.2) is 4.99 Å². The van der Waals surface area contributed by atoms with Crippen molar-refractivity contribution in [1.82, 2.24) is 9.80 Å². The van der Waals surface area contributed by atoms with Crippen molar-refractivity contribution >= 4 is 5.96 Å². The van der Waals surface area contributed by atoms with Gasteiger partial charge in [0.05, 0.1) is 0 Å². The summed E-state index contributed by atoms with van der Waals surface area (Å²) in [5.41, 5.74) is 0. The summed E-state index contributed by atoms with van der Waals surface area (Å²) in [5.74, 6) is 1.32. The van der Waals surface area contributed by atoms with E-state index in [2.05, 4.69) is 16.7 Å². The Kier molecular flexibility index (Phi) is 13.5. The highest BCUT2D eigenvalue weighted by molar-refractivity contribution is 5.81. The molecule has 0 atom stereocenters. The van der Waals surface area contributed by atoms with Gasteiger partial charge in [-0.2, -0.15) is 0 Å². The maximum Gasteiger partial charge on any atom is 0.196 e. The van der Waals surface area contributed by atoms with Gasteiger partial charge in [-0.25, -0.2) is 0 Å². The van der Waals surface area contributed by atoms with Crippen molar-refractivity contribution in [3.63, 3.8) is 0 Å². The van der Waals surface area contributed by atoms with Crippen LogP contribution in [0.4, 0.5) is 0 Å². The summed E-state index contributed by atoms with van der Waals surface area (Å²) < 4.78 is 0. The Bertz CT molecular complexity index is 393. The Morgan fingerprint density at radius 3 is 1.68 bits per heavy atom. The standard InChI is InChI=1S/C25H49N3/c1-2-3-4-5-6-7-8-9-10-11-12-13-14-15-16-17-21-27-23-19-24-28-22-18-20-26-25(27)28/h2-24H2,1H3. The average Bonchev–Trinajstić information content (AvgIpc) is 2.73. The fourth-order valence-electron chi connectivity index (χ4n) is 4.77. The third kappa shape index (κ3) is 10.2. The lowest BCUT2D eigenvalue weighted by Crippen LogP contribution is -2.52. The van der Waals surface area contributed by atoms with Crippen molar-refractivity contribution in [2.45, 2.75) is 122 Å². The largest absolute Gasteiger partial charge is 0.343 e. The zero-order chi connectivity index (χ0) is 19.7. The van der Waals surface area contributed by atoms with Gasteiger partial charge in [0.1, 0.15) is 0 Å². The number of fused-ring (bicyclic) bond motifs is 1. The Balaban J connectivity index is 1.32. The third-order valence-electron chi connectivity index (χ3n) is 6.54. The number of unbranched alkanes of at least 4 members (excludes halogenated alkanes) is 15. The molecule has 3 nitrogen and oxygen atoms in total. The van der Waals surface area contributed by atoms with E-state index in [1.165, 1.54) is 148 Å². The lowest BCUT2D eigenvalue weighted by atomic mass is 10.0. The van der Waals surface area contributed by atoms with Crippen molar-refractivity contribution in [1.29, 1.82) is 0 Å². The topological polar surface area (TPSA) is 18.8 Å². The van der Waals surface area contributed by atoms with Crippen molar-refractivity contribution in [2.24, 2.45) is 4.99 Å². The molecule has 0 aliphatic carbocycles. The van der Waals surface area contributed by atoms with Crippen LogP contribution in [0.1, 0.15) is 122 Å². The zero-order valence-electron chi connectivity index (χ0n) is 19.1. The first-order valence-electron chi connectivity index (χ1n) is 13.0. The maximum atomic E-state index is 4.79. The highest BCUT2D eigenvalue weighted by Crippen LogP contribution is 2.16. The van der Waals surface area contributed by atoms with E-state index >= 15 is 0 Å². The second kappa shape index (κ2) is 16.1. The summed E-state index contributed by atoms with van der Waals surface area (Å²) in [6.45, 7) is 8.26. The predicted octanol–water partition coefficient (Wildman–Crippen LogP) is 7.02. The molecule has 1 saturated heterocycles. The number of hydrogen-bond acceptors (Lipinski definition) is 3. The predicted molar refractivity (Wildman–Crippen MR) is 124 cm³/mol. The molecular weight excluding hydrogens is 342 g/mol. The molecular formula is C25H49N3. The Morgan fingerprint density at radius 1 is 0.607 bits per heavy atom. The maximum absolute atomic E-state index is 4.79. The SMILES string of the molecule is CCCCCCCCCCCCCCCCCCN1CCCN2CCCN=C12. The van der Waals surface area contributed by atoms with Gasteiger partial charge >= 0.3 is 0 Å². The molecule has 0 unspecified atom stereocenters. The minimum Gasteiger partial charge on any atom is -0.343 e. The van der Waals surface area contributed by atoms with Gasteiger partial charge in [-0.15, -0.1) is 0 Å². The van der Waals surface area contributed by atoms with E-state index in [-0.39, 0.29) is 0 Å². The second-order valence-corrected chi connectivity index (χ2v) is 9.17. The molecule has 0 radical (unpaired) electrons. The van der Waals surface area contributed by atoms with Crippen LogP contribution >= 0.6 is 0 Å². The van der Waals surface area contributed by atoms with Gasteiger partial charge in [-0.05, 0) is 19.3 Å². The minimum atomic E-state index is 1.04. The molecule has 3 heteroatoms. The Hall–Kier alpha value is -0.730. The first-order valence-corrected chi connectivity index (χ1v) is 13.0. The van der Waals surface area contributed by atoms with Crippen LogP contribution in [0.2, 0.25) is 0 Å². The molecule has 0 amide bonds. The van der Waals surface area contributed by atoms with Crippen LogP contribution in [0, 0.1) is 0 Å². The van der Waals surface area contributed by atoms with Crippen LogP contribution in [0.25, 0.3) is 0 Å². The first kappa shape index (κ1) is 23.5. The molecule has 0 saturated carbocycles. The summed E-state index contributed by atoms with van der Waals surface area (Å²) in [4.78, 5) is 9.87. The van der Waals surface area contributed by atoms with Crippen molar-refractivity contribution in [2.75, 3.05) is 32.7 Å². The van der Waals surface area contributed by atoms with Crippen molar-refractivity contribution in [3.05, 3.63) is 0 Å². The molecule has 2 aliphatic heterocycles.